The number of ether oxygens (including phenoxy) is 1. The Bertz CT molecular complexity index is 351. The second-order valence-electron chi connectivity index (χ2n) is 4.63. The van der Waals surface area contributed by atoms with E-state index < -0.39 is 35.8 Å². The van der Waals surface area contributed by atoms with E-state index in [1.807, 2.05) is 0 Å². The molecule has 102 valence electrons. The number of amides is 1. The number of carboxylic acid groups (broad SMARTS) is 1. The van der Waals surface area contributed by atoms with Crippen molar-refractivity contribution in [3.05, 3.63) is 0 Å². The van der Waals surface area contributed by atoms with Gasteiger partial charge < -0.3 is 20.9 Å². The second kappa shape index (κ2) is 5.81. The van der Waals surface area contributed by atoms with E-state index >= 15 is 0 Å². The minimum atomic E-state index is -1.27. The standard InChI is InChI=1S/C11H18N2O5/c1-18-9(15)5-7(10(16)17)13-8(14)6-11(12)3-2-4-11/h7H,2-6,12H2,1H3,(H,13,14)(H,16,17)/t7-/m0/s1. The second-order valence-corrected chi connectivity index (χ2v) is 4.63. The highest BCUT2D eigenvalue weighted by Crippen LogP contribution is 2.31. The van der Waals surface area contributed by atoms with Crippen LogP contribution in [0.15, 0.2) is 0 Å². The number of hydrogen-bond acceptors (Lipinski definition) is 5. The Morgan fingerprint density at radius 2 is 2.06 bits per heavy atom. The van der Waals surface area contributed by atoms with E-state index in [2.05, 4.69) is 10.1 Å². The van der Waals surface area contributed by atoms with Gasteiger partial charge in [-0.25, -0.2) is 4.79 Å². The normalized spacial score (nSPS) is 18.3. The maximum atomic E-state index is 11.6. The van der Waals surface area contributed by atoms with E-state index in [4.69, 9.17) is 10.8 Å². The number of aliphatic carboxylic acids is 1. The molecule has 7 nitrogen and oxygen atoms in total. The zero-order chi connectivity index (χ0) is 13.8. The van der Waals surface area contributed by atoms with Gasteiger partial charge in [-0.1, -0.05) is 0 Å². The third kappa shape index (κ3) is 3.99. The van der Waals surface area contributed by atoms with Crippen LogP contribution < -0.4 is 11.1 Å². The van der Waals surface area contributed by atoms with Crippen molar-refractivity contribution in [2.24, 2.45) is 5.73 Å². The van der Waals surface area contributed by atoms with Crippen molar-refractivity contribution in [3.8, 4) is 0 Å². The summed E-state index contributed by atoms with van der Waals surface area (Å²) in [6.07, 6.45) is 2.19. The Hall–Kier alpha value is -1.63. The van der Waals surface area contributed by atoms with Crippen molar-refractivity contribution in [2.75, 3.05) is 7.11 Å². The number of esters is 1. The van der Waals surface area contributed by atoms with Crippen LogP contribution in [0.5, 0.6) is 0 Å². The summed E-state index contributed by atoms with van der Waals surface area (Å²) in [6.45, 7) is 0. The molecule has 1 aliphatic carbocycles. The van der Waals surface area contributed by atoms with Crippen molar-refractivity contribution in [2.45, 2.75) is 43.7 Å². The number of rotatable bonds is 6. The van der Waals surface area contributed by atoms with Gasteiger partial charge >= 0.3 is 11.9 Å². The summed E-state index contributed by atoms with van der Waals surface area (Å²) in [5.74, 6) is -2.41. The molecule has 1 rings (SSSR count). The highest BCUT2D eigenvalue weighted by molar-refractivity contribution is 5.87. The van der Waals surface area contributed by atoms with Gasteiger partial charge in [-0.15, -0.1) is 0 Å². The molecule has 1 amide bonds. The maximum Gasteiger partial charge on any atom is 0.326 e. The van der Waals surface area contributed by atoms with Crippen LogP contribution in [0.2, 0.25) is 0 Å². The lowest BCUT2D eigenvalue weighted by Gasteiger charge is -2.37. The van der Waals surface area contributed by atoms with Crippen LogP contribution >= 0.6 is 0 Å². The van der Waals surface area contributed by atoms with E-state index in [9.17, 15) is 14.4 Å². The first-order chi connectivity index (χ1) is 8.36. The van der Waals surface area contributed by atoms with Crippen LogP contribution in [0.4, 0.5) is 0 Å². The molecule has 4 N–H and O–H groups in total. The summed E-state index contributed by atoms with van der Waals surface area (Å²) in [4.78, 5) is 33.5. The number of carbonyl (C=O) groups excluding carboxylic acids is 2. The SMILES string of the molecule is COC(=O)C[C@H](NC(=O)CC1(N)CCC1)C(=O)O. The third-order valence-electron chi connectivity index (χ3n) is 3.09. The van der Waals surface area contributed by atoms with Crippen LogP contribution in [0.3, 0.4) is 0 Å². The Kier molecular flexibility index (Phi) is 4.66. The summed E-state index contributed by atoms with van der Waals surface area (Å²) in [7, 11) is 1.16. The van der Waals surface area contributed by atoms with Crippen LogP contribution in [-0.4, -0.2) is 41.6 Å². The fraction of sp³-hybridized carbons (Fsp3) is 0.727. The Morgan fingerprint density at radius 3 is 2.44 bits per heavy atom. The van der Waals surface area contributed by atoms with Gasteiger partial charge in [0.25, 0.3) is 0 Å². The summed E-state index contributed by atoms with van der Waals surface area (Å²) in [5.41, 5.74) is 5.37. The van der Waals surface area contributed by atoms with Crippen LogP contribution in [0, 0.1) is 0 Å². The average molecular weight is 258 g/mol. The van der Waals surface area contributed by atoms with E-state index in [-0.39, 0.29) is 6.42 Å². The molecule has 0 bridgehead atoms. The van der Waals surface area contributed by atoms with Crippen LogP contribution in [-0.2, 0) is 19.1 Å². The molecular formula is C11H18N2O5. The highest BCUT2D eigenvalue weighted by atomic mass is 16.5. The topological polar surface area (TPSA) is 119 Å². The number of nitrogens with one attached hydrogen (secondary N) is 1. The lowest BCUT2D eigenvalue weighted by atomic mass is 9.75. The van der Waals surface area contributed by atoms with E-state index in [0.717, 1.165) is 26.4 Å². The summed E-state index contributed by atoms with van der Waals surface area (Å²) in [5, 5.41) is 11.2. The van der Waals surface area contributed by atoms with Gasteiger partial charge in [-0.05, 0) is 19.3 Å². The predicted molar refractivity (Wildman–Crippen MR) is 61.6 cm³/mol. The molecule has 1 saturated carbocycles. The van der Waals surface area contributed by atoms with Crippen molar-refractivity contribution in [1.29, 1.82) is 0 Å². The number of carboxylic acids is 1. The Labute approximate surface area is 105 Å². The smallest absolute Gasteiger partial charge is 0.326 e. The van der Waals surface area contributed by atoms with Gasteiger partial charge in [-0.3, -0.25) is 9.59 Å². The largest absolute Gasteiger partial charge is 0.480 e. The molecule has 1 atom stereocenters. The van der Waals surface area contributed by atoms with Gasteiger partial charge in [0.2, 0.25) is 5.91 Å². The zero-order valence-electron chi connectivity index (χ0n) is 10.3. The summed E-state index contributed by atoms with van der Waals surface area (Å²) < 4.78 is 4.37. The minimum Gasteiger partial charge on any atom is -0.480 e. The molecule has 1 fully saturated rings. The van der Waals surface area contributed by atoms with Gasteiger partial charge in [0.05, 0.1) is 13.5 Å². The molecule has 0 aliphatic heterocycles. The van der Waals surface area contributed by atoms with Gasteiger partial charge in [0.1, 0.15) is 6.04 Å². The van der Waals surface area contributed by atoms with Gasteiger partial charge in [0, 0.05) is 12.0 Å². The van der Waals surface area contributed by atoms with Crippen LogP contribution in [0.1, 0.15) is 32.1 Å². The molecule has 18 heavy (non-hydrogen) atoms. The zero-order valence-corrected chi connectivity index (χ0v) is 10.3. The fourth-order valence-corrected chi connectivity index (χ4v) is 1.82. The first-order valence-corrected chi connectivity index (χ1v) is 5.74. The lowest BCUT2D eigenvalue weighted by Crippen LogP contribution is -2.52. The Morgan fingerprint density at radius 1 is 1.44 bits per heavy atom. The number of nitrogens with two attached hydrogens (primary N) is 1. The van der Waals surface area contributed by atoms with Crippen molar-refractivity contribution < 1.29 is 24.2 Å². The highest BCUT2D eigenvalue weighted by Gasteiger charge is 2.35. The number of carbonyl (C=O) groups is 3. The molecular weight excluding hydrogens is 240 g/mol. The average Bonchev–Trinajstić information content (AvgIpc) is 2.25. The number of methoxy groups -OCH3 is 1. The van der Waals surface area contributed by atoms with Gasteiger partial charge in [0.15, 0.2) is 0 Å². The lowest BCUT2D eigenvalue weighted by molar-refractivity contribution is -0.148. The molecule has 0 saturated heterocycles. The van der Waals surface area contributed by atoms with E-state index in [1.165, 1.54) is 0 Å². The molecule has 1 aliphatic rings. The number of hydrogen-bond donors (Lipinski definition) is 3. The quantitative estimate of drug-likeness (QED) is 0.547. The van der Waals surface area contributed by atoms with E-state index in [1.54, 1.807) is 0 Å². The third-order valence-corrected chi connectivity index (χ3v) is 3.09. The Balaban J connectivity index is 2.47. The van der Waals surface area contributed by atoms with Gasteiger partial charge in [-0.2, -0.15) is 0 Å². The molecule has 0 aromatic heterocycles. The van der Waals surface area contributed by atoms with Crippen molar-refractivity contribution >= 4 is 17.8 Å². The fourth-order valence-electron chi connectivity index (χ4n) is 1.82. The van der Waals surface area contributed by atoms with Crippen LogP contribution in [0.25, 0.3) is 0 Å². The summed E-state index contributed by atoms with van der Waals surface area (Å²) >= 11 is 0. The molecule has 0 aromatic carbocycles. The predicted octanol–water partition coefficient (Wildman–Crippen LogP) is -0.610. The maximum absolute atomic E-state index is 11.6. The first kappa shape index (κ1) is 14.4. The van der Waals surface area contributed by atoms with E-state index in [0.29, 0.717) is 0 Å². The molecule has 0 unspecified atom stereocenters. The molecule has 0 spiro atoms. The van der Waals surface area contributed by atoms with Crippen molar-refractivity contribution in [1.82, 2.24) is 5.32 Å². The van der Waals surface area contributed by atoms with Crippen molar-refractivity contribution in [3.63, 3.8) is 0 Å². The monoisotopic (exact) mass is 258 g/mol. The molecule has 0 radical (unpaired) electrons. The minimum absolute atomic E-state index is 0.0813. The first-order valence-electron chi connectivity index (χ1n) is 5.74. The molecule has 7 heteroatoms. The molecule has 0 heterocycles. The molecule has 0 aromatic rings. The summed E-state index contributed by atoms with van der Waals surface area (Å²) in [6, 6.07) is -1.27.